The zero-order valence-corrected chi connectivity index (χ0v) is 14.5. The Morgan fingerprint density at radius 3 is 2.50 bits per heavy atom. The third-order valence-electron chi connectivity index (χ3n) is 3.55. The minimum atomic E-state index is 0.652. The highest BCUT2D eigenvalue weighted by Gasteiger charge is 2.03. The van der Waals surface area contributed by atoms with Crippen molar-refractivity contribution in [1.82, 2.24) is 0 Å². The van der Waals surface area contributed by atoms with Crippen LogP contribution in [0.5, 0.6) is 5.75 Å². The number of hydrogen-bond acceptors (Lipinski definition) is 2. The minimum absolute atomic E-state index is 0.652. The Balaban J connectivity index is 1.89. The maximum Gasteiger partial charge on any atom is 0.119 e. The Labute approximate surface area is 138 Å². The van der Waals surface area contributed by atoms with Gasteiger partial charge < -0.3 is 4.74 Å². The Kier molecular flexibility index (Phi) is 7.24. The van der Waals surface area contributed by atoms with E-state index in [-0.39, 0.29) is 0 Å². The molecule has 0 fully saturated rings. The summed E-state index contributed by atoms with van der Waals surface area (Å²) in [6.07, 6.45) is 10.3. The quantitative estimate of drug-likeness (QED) is 0.480. The lowest BCUT2D eigenvalue weighted by Gasteiger charge is -2.04. The topological polar surface area (TPSA) is 9.23 Å². The molecule has 0 N–H and O–H groups in total. The Morgan fingerprint density at radius 1 is 0.955 bits per heavy atom. The molecule has 0 aliphatic heterocycles. The van der Waals surface area contributed by atoms with Crippen LogP contribution in [0.4, 0.5) is 0 Å². The number of allylic oxidation sites excluding steroid dienone is 1. The van der Waals surface area contributed by atoms with Gasteiger partial charge in [0.15, 0.2) is 0 Å². The van der Waals surface area contributed by atoms with E-state index in [1.807, 2.05) is 11.3 Å². The van der Waals surface area contributed by atoms with Crippen molar-refractivity contribution in [1.29, 1.82) is 0 Å². The summed E-state index contributed by atoms with van der Waals surface area (Å²) in [5.41, 5.74) is 1.28. The van der Waals surface area contributed by atoms with Gasteiger partial charge in [-0.2, -0.15) is 0 Å². The van der Waals surface area contributed by atoms with Gasteiger partial charge in [-0.05, 0) is 61.2 Å². The van der Waals surface area contributed by atoms with Gasteiger partial charge in [-0.1, -0.05) is 38.8 Å². The van der Waals surface area contributed by atoms with Crippen molar-refractivity contribution in [2.75, 3.05) is 6.61 Å². The second-order valence-corrected chi connectivity index (χ2v) is 6.63. The van der Waals surface area contributed by atoms with Crippen LogP contribution in [0.3, 0.4) is 0 Å². The number of thiophene rings is 1. The van der Waals surface area contributed by atoms with E-state index in [1.165, 1.54) is 41.0 Å². The van der Waals surface area contributed by atoms with Gasteiger partial charge in [0.1, 0.15) is 12.4 Å². The predicted octanol–water partition coefficient (Wildman–Crippen LogP) is 6.49. The first-order valence-corrected chi connectivity index (χ1v) is 9.12. The first-order chi connectivity index (χ1) is 10.8. The molecule has 1 heterocycles. The second kappa shape index (κ2) is 9.47. The summed E-state index contributed by atoms with van der Waals surface area (Å²) >= 11 is 1.91. The molecule has 0 spiro atoms. The maximum atomic E-state index is 5.72. The van der Waals surface area contributed by atoms with Crippen LogP contribution in [0.15, 0.2) is 48.6 Å². The summed E-state index contributed by atoms with van der Waals surface area (Å²) in [7, 11) is 0. The van der Waals surface area contributed by atoms with E-state index >= 15 is 0 Å². The number of unbranched alkanes of at least 4 members (excludes halogenated alkanes) is 2. The summed E-state index contributed by atoms with van der Waals surface area (Å²) in [5.74, 6) is 0.938. The number of benzene rings is 1. The lowest BCUT2D eigenvalue weighted by molar-refractivity contribution is 0.362. The molecule has 1 aromatic carbocycles. The Bertz CT molecular complexity index is 566. The largest absolute Gasteiger partial charge is 0.490 e. The molecule has 118 valence electrons. The molecule has 2 rings (SSSR count). The molecular formula is C20H26OS. The highest BCUT2D eigenvalue weighted by molar-refractivity contribution is 7.15. The molecule has 0 saturated carbocycles. The van der Waals surface area contributed by atoms with E-state index in [0.717, 1.165) is 12.2 Å². The highest BCUT2D eigenvalue weighted by atomic mass is 32.1. The van der Waals surface area contributed by atoms with Crippen molar-refractivity contribution < 1.29 is 4.74 Å². The molecule has 1 nitrogen and oxygen atoms in total. The van der Waals surface area contributed by atoms with Crippen LogP contribution in [0.2, 0.25) is 0 Å². The average molecular weight is 314 g/mol. The first kappa shape index (κ1) is 16.8. The van der Waals surface area contributed by atoms with Crippen LogP contribution >= 0.6 is 11.3 Å². The molecule has 2 heteroatoms. The fraction of sp³-hybridized carbons (Fsp3) is 0.400. The van der Waals surface area contributed by atoms with Crippen molar-refractivity contribution in [2.45, 2.75) is 46.0 Å². The summed E-state index contributed by atoms with van der Waals surface area (Å²) < 4.78 is 5.72. The molecule has 0 saturated heterocycles. The third kappa shape index (κ3) is 5.34. The smallest absolute Gasteiger partial charge is 0.119 e. The van der Waals surface area contributed by atoms with Crippen LogP contribution in [0.25, 0.3) is 10.4 Å². The Hall–Kier alpha value is -1.54. The van der Waals surface area contributed by atoms with E-state index in [4.69, 9.17) is 4.74 Å². The van der Waals surface area contributed by atoms with Crippen LogP contribution in [0, 0.1) is 0 Å². The molecule has 0 bridgehead atoms. The van der Waals surface area contributed by atoms with Gasteiger partial charge in [0.25, 0.3) is 0 Å². The fourth-order valence-electron chi connectivity index (χ4n) is 2.23. The zero-order valence-electron chi connectivity index (χ0n) is 13.7. The van der Waals surface area contributed by atoms with Crippen molar-refractivity contribution in [2.24, 2.45) is 0 Å². The molecule has 22 heavy (non-hydrogen) atoms. The van der Waals surface area contributed by atoms with Gasteiger partial charge in [0, 0.05) is 9.75 Å². The van der Waals surface area contributed by atoms with Gasteiger partial charge >= 0.3 is 0 Å². The molecule has 0 aliphatic carbocycles. The number of rotatable bonds is 9. The molecule has 0 amide bonds. The summed E-state index contributed by atoms with van der Waals surface area (Å²) in [6.45, 7) is 5.08. The summed E-state index contributed by atoms with van der Waals surface area (Å²) in [6, 6.07) is 12.9. The van der Waals surface area contributed by atoms with Gasteiger partial charge in [0.05, 0.1) is 0 Å². The summed E-state index contributed by atoms with van der Waals surface area (Å²) in [4.78, 5) is 2.83. The van der Waals surface area contributed by atoms with Crippen molar-refractivity contribution in [3.63, 3.8) is 0 Å². The van der Waals surface area contributed by atoms with Crippen LogP contribution in [0.1, 0.15) is 44.4 Å². The molecule has 0 unspecified atom stereocenters. The lowest BCUT2D eigenvalue weighted by atomic mass is 10.2. The average Bonchev–Trinajstić information content (AvgIpc) is 3.02. The minimum Gasteiger partial charge on any atom is -0.490 e. The molecule has 0 aliphatic rings. The van der Waals surface area contributed by atoms with Gasteiger partial charge in [-0.3, -0.25) is 0 Å². The van der Waals surface area contributed by atoms with E-state index < -0.39 is 0 Å². The predicted molar refractivity (Wildman–Crippen MR) is 97.9 cm³/mol. The van der Waals surface area contributed by atoms with Crippen molar-refractivity contribution in [3.05, 3.63) is 53.4 Å². The summed E-state index contributed by atoms with van der Waals surface area (Å²) in [5, 5.41) is 0. The van der Waals surface area contributed by atoms with Crippen LogP contribution in [-0.4, -0.2) is 6.61 Å². The monoisotopic (exact) mass is 314 g/mol. The third-order valence-corrected chi connectivity index (χ3v) is 4.74. The lowest BCUT2D eigenvalue weighted by Crippen LogP contribution is -1.92. The molecule has 1 aromatic heterocycles. The van der Waals surface area contributed by atoms with E-state index in [9.17, 15) is 0 Å². The Morgan fingerprint density at radius 2 is 1.77 bits per heavy atom. The van der Waals surface area contributed by atoms with E-state index in [2.05, 4.69) is 62.4 Å². The van der Waals surface area contributed by atoms with Gasteiger partial charge in [0.2, 0.25) is 0 Å². The molecular weight excluding hydrogens is 288 g/mol. The normalized spacial score (nSPS) is 11.2. The van der Waals surface area contributed by atoms with Gasteiger partial charge in [-0.25, -0.2) is 0 Å². The second-order valence-electron chi connectivity index (χ2n) is 5.46. The van der Waals surface area contributed by atoms with E-state index in [0.29, 0.717) is 6.61 Å². The number of ether oxygens (including phenoxy) is 1. The van der Waals surface area contributed by atoms with Crippen molar-refractivity contribution in [3.8, 4) is 16.2 Å². The highest BCUT2D eigenvalue weighted by Crippen LogP contribution is 2.30. The standard InChI is InChI=1S/C20H26OS/c1-3-5-7-8-16-21-18-12-10-17(11-13-18)20-15-14-19(22-20)9-6-4-2/h7-8,10-15H,3-6,9,16H2,1-2H3. The van der Waals surface area contributed by atoms with Crippen molar-refractivity contribution >= 4 is 11.3 Å². The SMILES string of the molecule is CCCC=CCOc1ccc(-c2ccc(CCCC)s2)cc1. The van der Waals surface area contributed by atoms with Crippen LogP contribution in [-0.2, 0) is 6.42 Å². The van der Waals surface area contributed by atoms with E-state index in [1.54, 1.807) is 0 Å². The zero-order chi connectivity index (χ0) is 15.6. The van der Waals surface area contributed by atoms with Crippen LogP contribution < -0.4 is 4.74 Å². The van der Waals surface area contributed by atoms with Gasteiger partial charge in [-0.15, -0.1) is 11.3 Å². The molecule has 0 radical (unpaired) electrons. The molecule has 2 aromatic rings. The molecule has 0 atom stereocenters. The number of hydrogen-bond donors (Lipinski definition) is 0. The first-order valence-electron chi connectivity index (χ1n) is 8.30. The fourth-order valence-corrected chi connectivity index (χ4v) is 3.29. The number of aryl methyl sites for hydroxylation is 1. The maximum absolute atomic E-state index is 5.72.